The normalized spacial score (nSPS) is 10.3. The van der Waals surface area contributed by atoms with E-state index in [1.807, 2.05) is 0 Å². The molecule has 11 heavy (non-hydrogen) atoms. The van der Waals surface area contributed by atoms with Crippen LogP contribution in [0.4, 0.5) is 0 Å². The summed E-state index contributed by atoms with van der Waals surface area (Å²) < 4.78 is 1.34. The van der Waals surface area contributed by atoms with E-state index in [0.717, 1.165) is 0 Å². The van der Waals surface area contributed by atoms with Crippen LogP contribution >= 0.6 is 0 Å². The molecule has 7 nitrogen and oxygen atoms in total. The van der Waals surface area contributed by atoms with E-state index in [1.165, 1.54) is 16.9 Å². The first kappa shape index (κ1) is 5.98. The lowest BCUT2D eigenvalue weighted by Gasteiger charge is -1.96. The zero-order chi connectivity index (χ0) is 7.68. The van der Waals surface area contributed by atoms with Gasteiger partial charge in [-0.15, -0.1) is 5.10 Å². The fourth-order valence-electron chi connectivity index (χ4n) is 0.734. The zero-order valence-corrected chi connectivity index (χ0v) is 5.38. The number of hydrogen-bond acceptors (Lipinski definition) is 6. The molecule has 0 aliphatic carbocycles. The minimum absolute atomic E-state index is 0.299. The minimum atomic E-state index is 0.299. The first-order chi connectivity index (χ1) is 5.42. The summed E-state index contributed by atoms with van der Waals surface area (Å²) in [5.74, 6) is 5.22. The molecule has 0 aromatic carbocycles. The molecule has 0 saturated heterocycles. The highest BCUT2D eigenvalue weighted by atomic mass is 16.6. The van der Waals surface area contributed by atoms with E-state index in [-0.39, 0.29) is 0 Å². The van der Waals surface area contributed by atoms with Crippen LogP contribution in [0.5, 0.6) is 5.88 Å². The highest BCUT2D eigenvalue weighted by molar-refractivity contribution is 5.33. The Morgan fingerprint density at radius 2 is 2.36 bits per heavy atom. The maximum atomic E-state index is 4.92. The molecule has 0 aliphatic heterocycles. The Morgan fingerprint density at radius 1 is 1.45 bits per heavy atom. The molecule has 56 valence electrons. The zero-order valence-electron chi connectivity index (χ0n) is 5.38. The van der Waals surface area contributed by atoms with E-state index in [1.54, 1.807) is 0 Å². The number of fused-ring (bicyclic) bond motifs is 1. The molecule has 0 spiro atoms. The van der Waals surface area contributed by atoms with Crippen molar-refractivity contribution in [2.45, 2.75) is 0 Å². The quantitative estimate of drug-likeness (QED) is 0.514. The van der Waals surface area contributed by atoms with Crippen LogP contribution in [0, 0.1) is 0 Å². The SMILES string of the molecule is NOc1cncc2nnnn12. The molecule has 0 atom stereocenters. The summed E-state index contributed by atoms with van der Waals surface area (Å²) in [4.78, 5) is 8.23. The summed E-state index contributed by atoms with van der Waals surface area (Å²) in [7, 11) is 0. The van der Waals surface area contributed by atoms with Gasteiger partial charge in [0.15, 0.2) is 0 Å². The van der Waals surface area contributed by atoms with Crippen LogP contribution < -0.4 is 10.7 Å². The van der Waals surface area contributed by atoms with Gasteiger partial charge in [-0.1, -0.05) is 0 Å². The molecule has 0 saturated carbocycles. The molecule has 0 unspecified atom stereocenters. The molecule has 0 bridgehead atoms. The smallest absolute Gasteiger partial charge is 0.260 e. The van der Waals surface area contributed by atoms with E-state index in [2.05, 4.69) is 25.3 Å². The van der Waals surface area contributed by atoms with Crippen LogP contribution in [0.1, 0.15) is 0 Å². The van der Waals surface area contributed by atoms with Crippen molar-refractivity contribution in [2.24, 2.45) is 5.90 Å². The van der Waals surface area contributed by atoms with Gasteiger partial charge in [-0.2, -0.15) is 10.4 Å². The molecule has 0 aliphatic rings. The third-order valence-electron chi connectivity index (χ3n) is 1.20. The highest BCUT2D eigenvalue weighted by Crippen LogP contribution is 2.05. The van der Waals surface area contributed by atoms with Gasteiger partial charge >= 0.3 is 0 Å². The van der Waals surface area contributed by atoms with E-state index >= 15 is 0 Å². The Hall–Kier alpha value is -1.76. The monoisotopic (exact) mass is 152 g/mol. The maximum Gasteiger partial charge on any atom is 0.260 e. The summed E-state index contributed by atoms with van der Waals surface area (Å²) in [6, 6.07) is 0. The first-order valence-corrected chi connectivity index (χ1v) is 2.80. The van der Waals surface area contributed by atoms with Crippen LogP contribution in [0.15, 0.2) is 12.4 Å². The van der Waals surface area contributed by atoms with Crippen molar-refractivity contribution in [3.63, 3.8) is 0 Å². The van der Waals surface area contributed by atoms with Gasteiger partial charge in [0.1, 0.15) is 0 Å². The standard InChI is InChI=1S/C4H4N6O/c5-11-4-2-6-1-3-7-8-9-10(3)4/h1-2H,5H2. The lowest BCUT2D eigenvalue weighted by Crippen LogP contribution is -2.07. The molecule has 0 radical (unpaired) electrons. The van der Waals surface area contributed by atoms with Crippen LogP contribution in [0.25, 0.3) is 5.65 Å². The Balaban J connectivity index is 2.79. The molecule has 0 fully saturated rings. The van der Waals surface area contributed by atoms with Crippen LogP contribution in [0.3, 0.4) is 0 Å². The van der Waals surface area contributed by atoms with Crippen molar-refractivity contribution < 1.29 is 4.84 Å². The molecule has 2 N–H and O–H groups in total. The van der Waals surface area contributed by atoms with Gasteiger partial charge in [0, 0.05) is 0 Å². The largest absolute Gasteiger partial charge is 0.389 e. The van der Waals surface area contributed by atoms with E-state index in [9.17, 15) is 0 Å². The second kappa shape index (κ2) is 2.13. The third-order valence-corrected chi connectivity index (χ3v) is 1.20. The molecule has 0 amide bonds. The average molecular weight is 152 g/mol. The molecular formula is C4H4N6O. The van der Waals surface area contributed by atoms with E-state index < -0.39 is 0 Å². The fourth-order valence-corrected chi connectivity index (χ4v) is 0.734. The number of aromatic nitrogens is 5. The van der Waals surface area contributed by atoms with Crippen molar-refractivity contribution in [2.75, 3.05) is 0 Å². The van der Waals surface area contributed by atoms with Crippen LogP contribution in [-0.4, -0.2) is 25.0 Å². The lowest BCUT2D eigenvalue weighted by atomic mass is 10.7. The van der Waals surface area contributed by atoms with Gasteiger partial charge in [0.2, 0.25) is 5.65 Å². The number of hydrogen-bond donors (Lipinski definition) is 1. The Morgan fingerprint density at radius 3 is 3.18 bits per heavy atom. The molecule has 2 rings (SSSR count). The summed E-state index contributed by atoms with van der Waals surface area (Å²) in [6.07, 6.45) is 2.92. The summed E-state index contributed by atoms with van der Waals surface area (Å²) in [6.45, 7) is 0. The van der Waals surface area contributed by atoms with Gasteiger partial charge in [-0.3, -0.25) is 4.98 Å². The fraction of sp³-hybridized carbons (Fsp3) is 0. The van der Waals surface area contributed by atoms with Crippen molar-refractivity contribution in [3.05, 3.63) is 12.4 Å². The predicted molar refractivity (Wildman–Crippen MR) is 33.4 cm³/mol. The summed E-state index contributed by atoms with van der Waals surface area (Å²) in [5, 5.41) is 10.6. The third kappa shape index (κ3) is 0.783. The summed E-state index contributed by atoms with van der Waals surface area (Å²) in [5.41, 5.74) is 0.493. The Kier molecular flexibility index (Phi) is 1.16. The van der Waals surface area contributed by atoms with Gasteiger partial charge < -0.3 is 4.84 Å². The Labute approximate surface area is 60.7 Å². The number of nitrogens with two attached hydrogens (primary N) is 1. The number of nitrogens with zero attached hydrogens (tertiary/aromatic N) is 5. The van der Waals surface area contributed by atoms with E-state index in [4.69, 9.17) is 5.90 Å². The van der Waals surface area contributed by atoms with E-state index in [0.29, 0.717) is 11.5 Å². The predicted octanol–water partition coefficient (Wildman–Crippen LogP) is -1.23. The average Bonchev–Trinajstić information content (AvgIpc) is 2.50. The molecule has 7 heteroatoms. The van der Waals surface area contributed by atoms with Crippen molar-refractivity contribution in [1.82, 2.24) is 25.0 Å². The van der Waals surface area contributed by atoms with Crippen molar-refractivity contribution in [1.29, 1.82) is 0 Å². The van der Waals surface area contributed by atoms with Gasteiger partial charge in [0.25, 0.3) is 5.88 Å². The highest BCUT2D eigenvalue weighted by Gasteiger charge is 2.02. The second-order valence-corrected chi connectivity index (χ2v) is 1.81. The van der Waals surface area contributed by atoms with Gasteiger partial charge in [0.05, 0.1) is 12.4 Å². The van der Waals surface area contributed by atoms with Gasteiger partial charge in [-0.25, -0.2) is 0 Å². The molecular weight excluding hydrogens is 148 g/mol. The van der Waals surface area contributed by atoms with Crippen LogP contribution in [0.2, 0.25) is 0 Å². The van der Waals surface area contributed by atoms with Crippen molar-refractivity contribution in [3.8, 4) is 5.88 Å². The summed E-state index contributed by atoms with van der Waals surface area (Å²) >= 11 is 0. The van der Waals surface area contributed by atoms with Gasteiger partial charge in [-0.05, 0) is 10.4 Å². The van der Waals surface area contributed by atoms with Crippen molar-refractivity contribution >= 4 is 5.65 Å². The molecule has 2 aromatic rings. The number of rotatable bonds is 1. The Bertz CT molecular complexity index is 369. The minimum Gasteiger partial charge on any atom is -0.389 e. The van der Waals surface area contributed by atoms with Crippen LogP contribution in [-0.2, 0) is 0 Å². The molecule has 2 aromatic heterocycles. The molecule has 2 heterocycles. The second-order valence-electron chi connectivity index (χ2n) is 1.81. The number of tetrazole rings is 1. The topological polar surface area (TPSA) is 91.2 Å². The maximum absolute atomic E-state index is 4.92. The lowest BCUT2D eigenvalue weighted by molar-refractivity contribution is 0.309. The first-order valence-electron chi connectivity index (χ1n) is 2.80.